The van der Waals surface area contributed by atoms with Gasteiger partial charge in [0.05, 0.1) is 11.7 Å². The molecule has 0 fully saturated rings. The summed E-state index contributed by atoms with van der Waals surface area (Å²) in [6.07, 6.45) is 5.13. The van der Waals surface area contributed by atoms with E-state index in [9.17, 15) is 0 Å². The van der Waals surface area contributed by atoms with E-state index < -0.39 is 0 Å². The molecule has 2 aromatic rings. The molecule has 68 valence electrons. The van der Waals surface area contributed by atoms with Crippen molar-refractivity contribution in [2.75, 3.05) is 0 Å². The van der Waals surface area contributed by atoms with Crippen LogP contribution in [0.4, 0.5) is 0 Å². The Kier molecular flexibility index (Phi) is 2.05. The van der Waals surface area contributed by atoms with Gasteiger partial charge in [-0.25, -0.2) is 4.52 Å². The molecule has 0 radical (unpaired) electrons. The summed E-state index contributed by atoms with van der Waals surface area (Å²) in [6, 6.07) is 6.18. The van der Waals surface area contributed by atoms with Crippen molar-refractivity contribution in [2.24, 2.45) is 0 Å². The van der Waals surface area contributed by atoms with E-state index in [2.05, 4.69) is 31.1 Å². The maximum atomic E-state index is 4.30. The fraction of sp³-hybridized carbons (Fsp3) is 0.364. The molecular formula is C11H14N2. The zero-order chi connectivity index (χ0) is 9.26. The molecule has 0 bridgehead atoms. The van der Waals surface area contributed by atoms with Gasteiger partial charge in [-0.15, -0.1) is 0 Å². The van der Waals surface area contributed by atoms with Crippen LogP contribution in [0.15, 0.2) is 30.6 Å². The Morgan fingerprint density at radius 3 is 3.08 bits per heavy atom. The van der Waals surface area contributed by atoms with E-state index in [1.165, 1.54) is 11.1 Å². The topological polar surface area (TPSA) is 17.3 Å². The Labute approximate surface area is 78.2 Å². The van der Waals surface area contributed by atoms with Crippen molar-refractivity contribution in [2.45, 2.75) is 26.2 Å². The van der Waals surface area contributed by atoms with E-state index in [1.807, 2.05) is 23.0 Å². The lowest BCUT2D eigenvalue weighted by molar-refractivity contribution is 0.739. The minimum Gasteiger partial charge on any atom is -0.241 e. The first-order valence-corrected chi connectivity index (χ1v) is 4.75. The molecule has 0 aliphatic rings. The van der Waals surface area contributed by atoms with Crippen LogP contribution < -0.4 is 0 Å². The number of aromatic nitrogens is 2. The van der Waals surface area contributed by atoms with Crippen LogP contribution in [0.3, 0.4) is 0 Å². The average Bonchev–Trinajstić information content (AvgIpc) is 2.60. The normalized spacial score (nSPS) is 13.4. The molecule has 13 heavy (non-hydrogen) atoms. The first-order valence-electron chi connectivity index (χ1n) is 4.75. The van der Waals surface area contributed by atoms with Gasteiger partial charge in [0.15, 0.2) is 0 Å². The number of nitrogens with zero attached hydrogens (tertiary/aromatic N) is 2. The van der Waals surface area contributed by atoms with Crippen LogP contribution in [-0.4, -0.2) is 9.61 Å². The molecule has 0 aliphatic carbocycles. The van der Waals surface area contributed by atoms with Crippen LogP contribution in [0.25, 0.3) is 5.52 Å². The van der Waals surface area contributed by atoms with Crippen LogP contribution in [-0.2, 0) is 0 Å². The van der Waals surface area contributed by atoms with Crippen molar-refractivity contribution in [1.82, 2.24) is 9.61 Å². The second-order valence-electron chi connectivity index (χ2n) is 3.44. The molecule has 0 aliphatic heterocycles. The summed E-state index contributed by atoms with van der Waals surface area (Å²) >= 11 is 0. The van der Waals surface area contributed by atoms with E-state index in [1.54, 1.807) is 0 Å². The lowest BCUT2D eigenvalue weighted by Crippen LogP contribution is -1.90. The molecule has 2 aromatic heterocycles. The Hall–Kier alpha value is -1.31. The number of rotatable bonds is 2. The van der Waals surface area contributed by atoms with Gasteiger partial charge in [-0.05, 0) is 24.5 Å². The molecule has 0 saturated heterocycles. The number of hydrogen-bond donors (Lipinski definition) is 0. The maximum absolute atomic E-state index is 4.30. The van der Waals surface area contributed by atoms with Crippen LogP contribution in [0.2, 0.25) is 0 Å². The van der Waals surface area contributed by atoms with E-state index in [4.69, 9.17) is 0 Å². The molecular weight excluding hydrogens is 160 g/mol. The molecule has 2 rings (SSSR count). The van der Waals surface area contributed by atoms with Gasteiger partial charge < -0.3 is 0 Å². The molecule has 0 spiro atoms. The predicted molar refractivity (Wildman–Crippen MR) is 53.9 cm³/mol. The average molecular weight is 174 g/mol. The zero-order valence-corrected chi connectivity index (χ0v) is 8.07. The second kappa shape index (κ2) is 3.21. The predicted octanol–water partition coefficient (Wildman–Crippen LogP) is 2.85. The molecule has 2 heteroatoms. The summed E-state index contributed by atoms with van der Waals surface area (Å²) in [7, 11) is 0. The van der Waals surface area contributed by atoms with Gasteiger partial charge in [0.2, 0.25) is 0 Å². The first kappa shape index (κ1) is 8.30. The standard InChI is InChI=1S/C11H14N2/c1-3-9(2)10-8-12-13-7-5-4-6-11(10)13/h4-9H,3H2,1-2H3. The molecule has 0 amide bonds. The van der Waals surface area contributed by atoms with Crippen LogP contribution in [0, 0.1) is 0 Å². The third-order valence-corrected chi connectivity index (χ3v) is 2.60. The highest BCUT2D eigenvalue weighted by molar-refractivity contribution is 5.54. The van der Waals surface area contributed by atoms with Gasteiger partial charge in [0.25, 0.3) is 0 Å². The van der Waals surface area contributed by atoms with Gasteiger partial charge in [-0.2, -0.15) is 5.10 Å². The Morgan fingerprint density at radius 2 is 2.31 bits per heavy atom. The highest BCUT2D eigenvalue weighted by atomic mass is 15.2. The Morgan fingerprint density at radius 1 is 1.46 bits per heavy atom. The first-order chi connectivity index (χ1) is 6.33. The number of fused-ring (bicyclic) bond motifs is 1. The Bertz CT molecular complexity index is 403. The third-order valence-electron chi connectivity index (χ3n) is 2.60. The smallest absolute Gasteiger partial charge is 0.0696 e. The maximum Gasteiger partial charge on any atom is 0.0696 e. The van der Waals surface area contributed by atoms with E-state index >= 15 is 0 Å². The summed E-state index contributed by atoms with van der Waals surface area (Å²) in [4.78, 5) is 0. The zero-order valence-electron chi connectivity index (χ0n) is 8.07. The van der Waals surface area contributed by atoms with Crippen molar-refractivity contribution < 1.29 is 0 Å². The number of hydrogen-bond acceptors (Lipinski definition) is 1. The van der Waals surface area contributed by atoms with Gasteiger partial charge in [-0.3, -0.25) is 0 Å². The van der Waals surface area contributed by atoms with Crippen molar-refractivity contribution in [3.8, 4) is 0 Å². The van der Waals surface area contributed by atoms with E-state index in [0.29, 0.717) is 5.92 Å². The molecule has 1 atom stereocenters. The molecule has 2 nitrogen and oxygen atoms in total. The minimum atomic E-state index is 0.597. The van der Waals surface area contributed by atoms with Crippen molar-refractivity contribution in [3.05, 3.63) is 36.2 Å². The monoisotopic (exact) mass is 174 g/mol. The molecule has 2 heterocycles. The van der Waals surface area contributed by atoms with Crippen LogP contribution in [0.5, 0.6) is 0 Å². The van der Waals surface area contributed by atoms with Gasteiger partial charge in [0.1, 0.15) is 0 Å². The van der Waals surface area contributed by atoms with Crippen molar-refractivity contribution >= 4 is 5.52 Å². The summed E-state index contributed by atoms with van der Waals surface area (Å²) < 4.78 is 1.93. The van der Waals surface area contributed by atoms with Crippen LogP contribution >= 0.6 is 0 Å². The fourth-order valence-electron chi connectivity index (χ4n) is 1.55. The summed E-state index contributed by atoms with van der Waals surface area (Å²) in [5.74, 6) is 0.597. The van der Waals surface area contributed by atoms with Crippen LogP contribution in [0.1, 0.15) is 31.7 Å². The highest BCUT2D eigenvalue weighted by Gasteiger charge is 2.08. The van der Waals surface area contributed by atoms with Gasteiger partial charge >= 0.3 is 0 Å². The third kappa shape index (κ3) is 1.32. The molecule has 0 saturated carbocycles. The molecule has 0 aromatic carbocycles. The van der Waals surface area contributed by atoms with E-state index in [0.717, 1.165) is 6.42 Å². The number of pyridine rings is 1. The quantitative estimate of drug-likeness (QED) is 0.684. The highest BCUT2D eigenvalue weighted by Crippen LogP contribution is 2.22. The summed E-state index contributed by atoms with van der Waals surface area (Å²) in [5, 5.41) is 4.30. The lowest BCUT2D eigenvalue weighted by atomic mass is 10.0. The summed E-state index contributed by atoms with van der Waals surface area (Å²) in [5.41, 5.74) is 2.58. The minimum absolute atomic E-state index is 0.597. The molecule has 0 N–H and O–H groups in total. The Balaban J connectivity index is 2.57. The summed E-state index contributed by atoms with van der Waals surface area (Å²) in [6.45, 7) is 4.45. The SMILES string of the molecule is CCC(C)c1cnn2ccccc12. The molecule has 1 unspecified atom stereocenters. The van der Waals surface area contributed by atoms with Gasteiger partial charge in [0, 0.05) is 11.8 Å². The van der Waals surface area contributed by atoms with Gasteiger partial charge in [-0.1, -0.05) is 19.9 Å². The largest absolute Gasteiger partial charge is 0.241 e. The van der Waals surface area contributed by atoms with Crippen molar-refractivity contribution in [1.29, 1.82) is 0 Å². The van der Waals surface area contributed by atoms with E-state index in [-0.39, 0.29) is 0 Å². The second-order valence-corrected chi connectivity index (χ2v) is 3.44. The van der Waals surface area contributed by atoms with Crippen molar-refractivity contribution in [3.63, 3.8) is 0 Å². The lowest BCUT2D eigenvalue weighted by Gasteiger charge is -2.05. The fourth-order valence-corrected chi connectivity index (χ4v) is 1.55.